The zero-order valence-corrected chi connectivity index (χ0v) is 21.2. The lowest BCUT2D eigenvalue weighted by atomic mass is 9.92. The Hall–Kier alpha value is -2.89. The monoisotopic (exact) mass is 470 g/mol. The van der Waals surface area contributed by atoms with Gasteiger partial charge in [-0.1, -0.05) is 41.0 Å². The number of hydrogen-bond donors (Lipinski definition) is 3. The van der Waals surface area contributed by atoms with E-state index in [-0.39, 0.29) is 45.0 Å². The second-order valence-electron chi connectivity index (χ2n) is 10.0. The van der Waals surface area contributed by atoms with E-state index in [2.05, 4.69) is 34.6 Å². The smallest absolute Gasteiger partial charge is 0.204 e. The van der Waals surface area contributed by atoms with Crippen LogP contribution in [0.1, 0.15) is 77.0 Å². The second-order valence-corrected chi connectivity index (χ2v) is 10.0. The van der Waals surface area contributed by atoms with Gasteiger partial charge in [-0.15, -0.1) is 0 Å². The topological polar surface area (TPSA) is 100 Å². The van der Waals surface area contributed by atoms with Gasteiger partial charge in [0.15, 0.2) is 11.5 Å². The Balaban J connectivity index is 2.45. The number of phenols is 3. The van der Waals surface area contributed by atoms with Crippen LogP contribution >= 0.6 is 0 Å². The van der Waals surface area contributed by atoms with Crippen LogP contribution in [0.25, 0.3) is 21.9 Å². The van der Waals surface area contributed by atoms with E-state index in [1.54, 1.807) is 0 Å². The fourth-order valence-electron chi connectivity index (χ4n) is 4.53. The molecule has 0 saturated carbocycles. The van der Waals surface area contributed by atoms with Gasteiger partial charge in [-0.05, 0) is 50.4 Å². The standard InChI is InChI=1S/C28H38O6/c1-7-8-9-19-24(30)18(13-11-16(4)5)25(31)23-26(32)22-17(12-10-15(2)3)27(33-6)20(29)14-21(22)34-28(19)23/h14-16,29-31H,7-13H2,1-6H3. The summed E-state index contributed by atoms with van der Waals surface area (Å²) in [6.45, 7) is 10.4. The summed E-state index contributed by atoms with van der Waals surface area (Å²) in [7, 11) is 1.46. The molecule has 3 rings (SSSR count). The Bertz CT molecular complexity index is 1240. The van der Waals surface area contributed by atoms with E-state index in [9.17, 15) is 20.1 Å². The van der Waals surface area contributed by atoms with Crippen LogP contribution < -0.4 is 10.2 Å². The normalized spacial score (nSPS) is 11.9. The van der Waals surface area contributed by atoms with Crippen molar-refractivity contribution >= 4 is 21.9 Å². The maximum absolute atomic E-state index is 13.9. The van der Waals surface area contributed by atoms with Gasteiger partial charge in [0, 0.05) is 22.8 Å². The van der Waals surface area contributed by atoms with Gasteiger partial charge in [-0.2, -0.15) is 0 Å². The Morgan fingerprint density at radius 1 is 0.882 bits per heavy atom. The van der Waals surface area contributed by atoms with Gasteiger partial charge >= 0.3 is 0 Å². The van der Waals surface area contributed by atoms with Gasteiger partial charge in [0.05, 0.1) is 12.5 Å². The van der Waals surface area contributed by atoms with E-state index >= 15 is 0 Å². The molecule has 1 aromatic heterocycles. The van der Waals surface area contributed by atoms with Gasteiger partial charge in [-0.25, -0.2) is 0 Å². The second kappa shape index (κ2) is 10.6. The maximum Gasteiger partial charge on any atom is 0.204 e. The van der Waals surface area contributed by atoms with E-state index in [1.807, 2.05) is 0 Å². The van der Waals surface area contributed by atoms with E-state index < -0.39 is 0 Å². The molecule has 0 unspecified atom stereocenters. The van der Waals surface area contributed by atoms with Gasteiger partial charge in [0.2, 0.25) is 5.43 Å². The van der Waals surface area contributed by atoms with Crippen LogP contribution in [0, 0.1) is 11.8 Å². The van der Waals surface area contributed by atoms with Gasteiger partial charge in [0.1, 0.15) is 28.1 Å². The largest absolute Gasteiger partial charge is 0.507 e. The Morgan fingerprint density at radius 2 is 1.50 bits per heavy atom. The van der Waals surface area contributed by atoms with Crippen LogP contribution in [0.5, 0.6) is 23.0 Å². The molecule has 0 fully saturated rings. The minimum absolute atomic E-state index is 0.000588. The first-order valence-corrected chi connectivity index (χ1v) is 12.4. The summed E-state index contributed by atoms with van der Waals surface area (Å²) >= 11 is 0. The number of aromatic hydroxyl groups is 3. The molecule has 34 heavy (non-hydrogen) atoms. The number of ether oxygens (including phenoxy) is 1. The van der Waals surface area contributed by atoms with Gasteiger partial charge in [-0.3, -0.25) is 4.79 Å². The number of fused-ring (bicyclic) bond motifs is 2. The average Bonchev–Trinajstić information content (AvgIpc) is 2.76. The molecule has 0 radical (unpaired) electrons. The highest BCUT2D eigenvalue weighted by molar-refractivity contribution is 5.99. The predicted molar refractivity (Wildman–Crippen MR) is 136 cm³/mol. The Morgan fingerprint density at radius 3 is 2.06 bits per heavy atom. The predicted octanol–water partition coefficient (Wildman–Crippen LogP) is 6.59. The SMILES string of the molecule is CCCCc1c(O)c(CCC(C)C)c(O)c2c(=O)c3c(CCC(C)C)c(OC)c(O)cc3oc12. The third kappa shape index (κ3) is 4.82. The van der Waals surface area contributed by atoms with Crippen molar-refractivity contribution in [3.63, 3.8) is 0 Å². The average molecular weight is 471 g/mol. The summed E-state index contributed by atoms with van der Waals surface area (Å²) in [4.78, 5) is 13.9. The molecule has 186 valence electrons. The van der Waals surface area contributed by atoms with Crippen molar-refractivity contribution in [1.82, 2.24) is 0 Å². The van der Waals surface area contributed by atoms with Gasteiger partial charge < -0.3 is 24.5 Å². The molecule has 0 amide bonds. The van der Waals surface area contributed by atoms with Crippen molar-refractivity contribution in [2.45, 2.75) is 79.6 Å². The van der Waals surface area contributed by atoms with Crippen molar-refractivity contribution in [1.29, 1.82) is 0 Å². The molecule has 0 aliphatic rings. The summed E-state index contributed by atoms with van der Waals surface area (Å²) < 4.78 is 11.7. The number of hydrogen-bond acceptors (Lipinski definition) is 6. The van der Waals surface area contributed by atoms with Crippen molar-refractivity contribution in [2.75, 3.05) is 7.11 Å². The lowest BCUT2D eigenvalue weighted by Crippen LogP contribution is -2.10. The molecule has 3 aromatic rings. The number of phenolic OH excluding ortho intramolecular Hbond substituents is 3. The molecule has 0 aliphatic carbocycles. The molecule has 6 nitrogen and oxygen atoms in total. The molecule has 0 saturated heterocycles. The first-order valence-electron chi connectivity index (χ1n) is 12.4. The fourth-order valence-corrected chi connectivity index (χ4v) is 4.53. The minimum Gasteiger partial charge on any atom is -0.507 e. The highest BCUT2D eigenvalue weighted by Gasteiger charge is 2.26. The molecular weight excluding hydrogens is 432 g/mol. The van der Waals surface area contributed by atoms with Crippen LogP contribution in [0.15, 0.2) is 15.3 Å². The molecule has 0 aliphatic heterocycles. The lowest BCUT2D eigenvalue weighted by molar-refractivity contribution is 0.368. The van der Waals surface area contributed by atoms with E-state index in [4.69, 9.17) is 9.15 Å². The first-order chi connectivity index (χ1) is 16.1. The molecular formula is C28H38O6. The van der Waals surface area contributed by atoms with E-state index in [1.165, 1.54) is 13.2 Å². The summed E-state index contributed by atoms with van der Waals surface area (Å²) in [5.74, 6) is 0.683. The summed E-state index contributed by atoms with van der Waals surface area (Å²) in [6, 6.07) is 1.39. The van der Waals surface area contributed by atoms with Crippen LogP contribution in [-0.4, -0.2) is 22.4 Å². The highest BCUT2D eigenvalue weighted by atomic mass is 16.5. The molecule has 0 bridgehead atoms. The van der Waals surface area contributed by atoms with Crippen LogP contribution in [-0.2, 0) is 19.3 Å². The third-order valence-electron chi connectivity index (χ3n) is 6.51. The number of methoxy groups -OCH3 is 1. The quantitative estimate of drug-likeness (QED) is 0.289. The molecule has 6 heteroatoms. The van der Waals surface area contributed by atoms with E-state index in [0.717, 1.165) is 25.7 Å². The minimum atomic E-state index is -0.366. The van der Waals surface area contributed by atoms with Crippen LogP contribution in [0.3, 0.4) is 0 Å². The fraction of sp³-hybridized carbons (Fsp3) is 0.536. The zero-order valence-electron chi connectivity index (χ0n) is 21.2. The maximum atomic E-state index is 13.9. The number of aryl methyl sites for hydroxylation is 2. The van der Waals surface area contributed by atoms with E-state index in [0.29, 0.717) is 53.2 Å². The number of unbranched alkanes of at least 4 members (excludes halogenated alkanes) is 1. The highest BCUT2D eigenvalue weighted by Crippen LogP contribution is 2.43. The van der Waals surface area contributed by atoms with Crippen LogP contribution in [0.2, 0.25) is 0 Å². The lowest BCUT2D eigenvalue weighted by Gasteiger charge is -2.18. The van der Waals surface area contributed by atoms with Crippen molar-refractivity contribution in [2.24, 2.45) is 11.8 Å². The molecule has 2 aromatic carbocycles. The molecule has 3 N–H and O–H groups in total. The molecule has 1 heterocycles. The summed E-state index contributed by atoms with van der Waals surface area (Å²) in [6.07, 6.45) is 4.75. The van der Waals surface area contributed by atoms with Crippen LogP contribution in [0.4, 0.5) is 0 Å². The van der Waals surface area contributed by atoms with Crippen molar-refractivity contribution < 1.29 is 24.5 Å². The summed E-state index contributed by atoms with van der Waals surface area (Å²) in [5, 5.41) is 33.4. The van der Waals surface area contributed by atoms with Crippen molar-refractivity contribution in [3.05, 3.63) is 33.0 Å². The summed E-state index contributed by atoms with van der Waals surface area (Å²) in [5.41, 5.74) is 1.55. The van der Waals surface area contributed by atoms with Crippen molar-refractivity contribution in [3.8, 4) is 23.0 Å². The number of benzene rings is 2. The zero-order chi connectivity index (χ0) is 25.2. The third-order valence-corrected chi connectivity index (χ3v) is 6.51. The first kappa shape index (κ1) is 25.7. The number of rotatable bonds is 10. The molecule has 0 spiro atoms. The Kier molecular flexibility index (Phi) is 8.01. The Labute approximate surface area is 201 Å². The molecule has 0 atom stereocenters. The van der Waals surface area contributed by atoms with Gasteiger partial charge in [0.25, 0.3) is 0 Å².